The van der Waals surface area contributed by atoms with E-state index in [4.69, 9.17) is 16.5 Å². The molecule has 0 N–H and O–H groups in total. The Kier molecular flexibility index (Phi) is 6.95. The van der Waals surface area contributed by atoms with Gasteiger partial charge in [-0.05, 0) is 10.4 Å². The Morgan fingerprint density at radius 2 is 1.05 bits per heavy atom. The molecule has 0 fully saturated rings. The number of hydrogen-bond acceptors (Lipinski definition) is 4. The molecule has 2 rings (SSSR count). The van der Waals surface area contributed by atoms with Gasteiger partial charge < -0.3 is 16.5 Å². The van der Waals surface area contributed by atoms with Crippen LogP contribution in [0.5, 0.6) is 0 Å². The minimum atomic E-state index is -2.67. The van der Waals surface area contributed by atoms with Crippen molar-refractivity contribution in [2.45, 2.75) is 0 Å². The van der Waals surface area contributed by atoms with Crippen LogP contribution < -0.4 is 10.4 Å². The Hall–Kier alpha value is -0.636. The van der Waals surface area contributed by atoms with Crippen LogP contribution in [-0.4, -0.2) is 49.5 Å². The third-order valence-corrected chi connectivity index (χ3v) is 11.3. The van der Waals surface area contributed by atoms with E-state index < -0.39 is 28.6 Å². The molecule has 0 unspecified atom stereocenters. The summed E-state index contributed by atoms with van der Waals surface area (Å²) in [7, 11) is -3.31. The van der Waals surface area contributed by atoms with E-state index in [1.54, 1.807) is 0 Å². The summed E-state index contributed by atoms with van der Waals surface area (Å²) in [4.78, 5) is 0. The standard InChI is InChI=1S/C12H20O4Si5/c17-13-19-15-21(16-20-14-18,11-7-3-1-4-8-11)12-9-5-2-6-10-12/h1-10H,19-20H2,17-18H3. The lowest BCUT2D eigenvalue weighted by Crippen LogP contribution is -2.64. The van der Waals surface area contributed by atoms with Gasteiger partial charge in [-0.3, -0.25) is 0 Å². The fraction of sp³-hybridized carbons (Fsp3) is 0. The van der Waals surface area contributed by atoms with Gasteiger partial charge in [-0.2, -0.15) is 0 Å². The zero-order chi connectivity index (χ0) is 15.0. The molecular weight excluding hydrogens is 349 g/mol. The van der Waals surface area contributed by atoms with E-state index in [9.17, 15) is 0 Å². The molecule has 0 aromatic heterocycles. The first-order valence-electron chi connectivity index (χ1n) is 6.70. The maximum Gasteiger partial charge on any atom is 0.388 e. The molecule has 4 nitrogen and oxygen atoms in total. The van der Waals surface area contributed by atoms with Gasteiger partial charge in [0.25, 0.3) is 20.0 Å². The predicted molar refractivity (Wildman–Crippen MR) is 99.2 cm³/mol. The van der Waals surface area contributed by atoms with Crippen LogP contribution in [0, 0.1) is 0 Å². The SMILES string of the molecule is [SiH3]O[SiH2]O[Si](O[SiH2]O[SiH3])(c1ccccc1)c1ccccc1. The van der Waals surface area contributed by atoms with Gasteiger partial charge in [0.15, 0.2) is 0 Å². The summed E-state index contributed by atoms with van der Waals surface area (Å²) in [5, 5.41) is 2.24. The maximum absolute atomic E-state index is 6.29. The van der Waals surface area contributed by atoms with Crippen molar-refractivity contribution in [1.82, 2.24) is 0 Å². The van der Waals surface area contributed by atoms with Crippen molar-refractivity contribution in [2.75, 3.05) is 0 Å². The van der Waals surface area contributed by atoms with E-state index in [1.807, 2.05) is 36.4 Å². The van der Waals surface area contributed by atoms with Gasteiger partial charge in [0.05, 0.1) is 0 Å². The van der Waals surface area contributed by atoms with Gasteiger partial charge in [0.2, 0.25) is 0 Å². The lowest BCUT2D eigenvalue weighted by Gasteiger charge is -2.31. The zero-order valence-electron chi connectivity index (χ0n) is 12.3. The Labute approximate surface area is 137 Å². The average Bonchev–Trinajstić information content (AvgIpc) is 2.57. The Balaban J connectivity index is 2.48. The van der Waals surface area contributed by atoms with Gasteiger partial charge in [-0.25, -0.2) is 0 Å². The van der Waals surface area contributed by atoms with Crippen LogP contribution in [0.3, 0.4) is 0 Å². The largest absolute Gasteiger partial charge is 0.449 e. The van der Waals surface area contributed by atoms with Gasteiger partial charge in [-0.1, -0.05) is 60.7 Å². The van der Waals surface area contributed by atoms with E-state index >= 15 is 0 Å². The van der Waals surface area contributed by atoms with Crippen molar-refractivity contribution in [1.29, 1.82) is 0 Å². The molecule has 0 spiro atoms. The quantitative estimate of drug-likeness (QED) is 0.462. The highest BCUT2D eigenvalue weighted by Crippen LogP contribution is 2.09. The van der Waals surface area contributed by atoms with Crippen molar-refractivity contribution in [3.05, 3.63) is 60.7 Å². The van der Waals surface area contributed by atoms with Crippen LogP contribution in [0.4, 0.5) is 0 Å². The molecule has 0 bridgehead atoms. The summed E-state index contributed by atoms with van der Waals surface area (Å²) >= 11 is 0. The molecular formula is C12H20O4Si5. The minimum Gasteiger partial charge on any atom is -0.449 e. The molecule has 0 aliphatic heterocycles. The second-order valence-corrected chi connectivity index (χ2v) is 14.2. The van der Waals surface area contributed by atoms with Crippen LogP contribution in [0.25, 0.3) is 0 Å². The third kappa shape index (κ3) is 4.18. The van der Waals surface area contributed by atoms with Crippen LogP contribution in [0.2, 0.25) is 0 Å². The lowest BCUT2D eigenvalue weighted by atomic mass is 10.4. The van der Waals surface area contributed by atoms with Gasteiger partial charge in [-0.15, -0.1) is 0 Å². The molecule has 0 aliphatic carbocycles. The van der Waals surface area contributed by atoms with Gasteiger partial charge >= 0.3 is 8.56 Å². The van der Waals surface area contributed by atoms with Crippen molar-refractivity contribution in [2.24, 2.45) is 0 Å². The molecule has 0 aliphatic rings. The minimum absolute atomic E-state index is 0.702. The second-order valence-electron chi connectivity index (χ2n) is 4.45. The van der Waals surface area contributed by atoms with E-state index in [0.717, 1.165) is 10.4 Å². The Bertz CT molecular complexity index is 478. The van der Waals surface area contributed by atoms with Crippen LogP contribution in [0.15, 0.2) is 60.7 Å². The molecule has 9 heteroatoms. The highest BCUT2D eigenvalue weighted by atomic mass is 28.4. The molecule has 0 amide bonds. The zero-order valence-corrected chi connectivity index (χ0v) is 20.1. The molecule has 0 saturated heterocycles. The fourth-order valence-corrected chi connectivity index (χ4v) is 11.9. The average molecular weight is 369 g/mol. The topological polar surface area (TPSA) is 36.9 Å². The molecule has 112 valence electrons. The summed E-state index contributed by atoms with van der Waals surface area (Å²) in [5.74, 6) is 0. The Morgan fingerprint density at radius 3 is 1.38 bits per heavy atom. The van der Waals surface area contributed by atoms with Crippen LogP contribution in [0.1, 0.15) is 0 Å². The molecule has 21 heavy (non-hydrogen) atoms. The molecule has 0 radical (unpaired) electrons. The van der Waals surface area contributed by atoms with Gasteiger partial charge in [0, 0.05) is 0 Å². The van der Waals surface area contributed by atoms with Gasteiger partial charge in [0.1, 0.15) is 21.0 Å². The van der Waals surface area contributed by atoms with E-state index in [2.05, 4.69) is 24.3 Å². The fourth-order valence-electron chi connectivity index (χ4n) is 2.14. The molecule has 0 heterocycles. The maximum atomic E-state index is 6.29. The molecule has 0 atom stereocenters. The molecule has 2 aromatic carbocycles. The summed E-state index contributed by atoms with van der Waals surface area (Å²) in [6.07, 6.45) is 0. The number of hydrogen-bond donors (Lipinski definition) is 0. The van der Waals surface area contributed by atoms with Crippen LogP contribution >= 0.6 is 0 Å². The van der Waals surface area contributed by atoms with Crippen molar-refractivity contribution < 1.29 is 16.5 Å². The normalized spacial score (nSPS) is 13.0. The summed E-state index contributed by atoms with van der Waals surface area (Å²) in [6.45, 7) is 0. The molecule has 2 aromatic rings. The number of benzene rings is 2. The number of rotatable bonds is 8. The van der Waals surface area contributed by atoms with Crippen molar-refractivity contribution in [3.8, 4) is 0 Å². The first kappa shape index (κ1) is 16.7. The smallest absolute Gasteiger partial charge is 0.388 e. The summed E-state index contributed by atoms with van der Waals surface area (Å²) < 4.78 is 23.4. The Morgan fingerprint density at radius 1 is 0.667 bits per heavy atom. The van der Waals surface area contributed by atoms with E-state index in [1.165, 1.54) is 0 Å². The third-order valence-electron chi connectivity index (χ3n) is 3.07. The molecule has 0 saturated carbocycles. The first-order chi connectivity index (χ1) is 10.3. The van der Waals surface area contributed by atoms with Crippen LogP contribution in [-0.2, 0) is 16.5 Å². The lowest BCUT2D eigenvalue weighted by molar-refractivity contribution is 0.377. The highest BCUT2D eigenvalue weighted by molar-refractivity contribution is 6.96. The second kappa shape index (κ2) is 8.72. The summed E-state index contributed by atoms with van der Waals surface area (Å²) in [5.41, 5.74) is 0. The predicted octanol–water partition coefficient (Wildman–Crippen LogP) is -3.13. The van der Waals surface area contributed by atoms with E-state index in [-0.39, 0.29) is 0 Å². The first-order valence-corrected chi connectivity index (χ1v) is 12.5. The van der Waals surface area contributed by atoms with E-state index in [0.29, 0.717) is 21.0 Å². The summed E-state index contributed by atoms with van der Waals surface area (Å²) in [6, 6.07) is 20.5. The monoisotopic (exact) mass is 368 g/mol. The van der Waals surface area contributed by atoms with Crippen molar-refractivity contribution >= 4 is 59.9 Å². The highest BCUT2D eigenvalue weighted by Gasteiger charge is 2.41. The van der Waals surface area contributed by atoms with Crippen molar-refractivity contribution in [3.63, 3.8) is 0 Å².